The third-order valence-electron chi connectivity index (χ3n) is 3.64. The summed E-state index contributed by atoms with van der Waals surface area (Å²) in [4.78, 5) is 10.7. The van der Waals surface area contributed by atoms with Gasteiger partial charge in [-0.05, 0) is 12.8 Å². The lowest BCUT2D eigenvalue weighted by Crippen LogP contribution is -2.34. The highest BCUT2D eigenvalue weighted by molar-refractivity contribution is 5.97. The molecule has 1 aromatic heterocycles. The van der Waals surface area contributed by atoms with Gasteiger partial charge < -0.3 is 10.6 Å². The van der Waals surface area contributed by atoms with Gasteiger partial charge in [0, 0.05) is 25.5 Å². The standard InChI is InChI=1S/C13H21N5/c1-18(10-6-4-2-3-5-7-10)13-11(12(14)15)16-8-9-17-13/h8-10H,2-7H2,1H3,(H3,14,15). The molecular weight excluding hydrogens is 226 g/mol. The molecule has 0 amide bonds. The van der Waals surface area contributed by atoms with Crippen LogP contribution in [0.25, 0.3) is 0 Å². The van der Waals surface area contributed by atoms with Gasteiger partial charge in [0.1, 0.15) is 11.5 Å². The van der Waals surface area contributed by atoms with Crippen molar-refractivity contribution in [2.24, 2.45) is 5.73 Å². The van der Waals surface area contributed by atoms with Gasteiger partial charge in [-0.3, -0.25) is 5.41 Å². The molecule has 3 N–H and O–H groups in total. The van der Waals surface area contributed by atoms with Crippen molar-refractivity contribution in [3.8, 4) is 0 Å². The van der Waals surface area contributed by atoms with E-state index >= 15 is 0 Å². The molecule has 1 saturated carbocycles. The van der Waals surface area contributed by atoms with E-state index in [1.165, 1.54) is 38.5 Å². The van der Waals surface area contributed by atoms with Gasteiger partial charge in [0.15, 0.2) is 5.82 Å². The molecule has 0 bridgehead atoms. The minimum absolute atomic E-state index is 0.0152. The maximum atomic E-state index is 7.58. The summed E-state index contributed by atoms with van der Waals surface area (Å²) in [5.41, 5.74) is 6.06. The monoisotopic (exact) mass is 247 g/mol. The zero-order valence-electron chi connectivity index (χ0n) is 10.9. The summed E-state index contributed by atoms with van der Waals surface area (Å²) in [6.45, 7) is 0. The first-order valence-electron chi connectivity index (χ1n) is 6.58. The van der Waals surface area contributed by atoms with Crippen LogP contribution in [0.2, 0.25) is 0 Å². The second kappa shape index (κ2) is 5.80. The van der Waals surface area contributed by atoms with Crippen LogP contribution in [0.4, 0.5) is 5.82 Å². The van der Waals surface area contributed by atoms with Crippen molar-refractivity contribution < 1.29 is 0 Å². The predicted molar refractivity (Wildman–Crippen MR) is 72.9 cm³/mol. The van der Waals surface area contributed by atoms with Crippen molar-refractivity contribution in [2.75, 3.05) is 11.9 Å². The van der Waals surface area contributed by atoms with Gasteiger partial charge >= 0.3 is 0 Å². The number of nitrogens with one attached hydrogen (secondary N) is 1. The summed E-state index contributed by atoms with van der Waals surface area (Å²) in [6, 6.07) is 0.488. The minimum atomic E-state index is -0.0152. The van der Waals surface area contributed by atoms with Crippen LogP contribution in [0.5, 0.6) is 0 Å². The lowest BCUT2D eigenvalue weighted by atomic mass is 10.1. The van der Waals surface area contributed by atoms with Gasteiger partial charge in [0.25, 0.3) is 0 Å². The summed E-state index contributed by atoms with van der Waals surface area (Å²) in [7, 11) is 2.03. The molecule has 1 aromatic rings. The highest BCUT2D eigenvalue weighted by Gasteiger charge is 2.21. The number of nitrogens with two attached hydrogens (primary N) is 1. The zero-order chi connectivity index (χ0) is 13.0. The van der Waals surface area contributed by atoms with Gasteiger partial charge in [-0.15, -0.1) is 0 Å². The van der Waals surface area contributed by atoms with Crippen LogP contribution in [0.1, 0.15) is 44.2 Å². The van der Waals surface area contributed by atoms with Crippen LogP contribution in [0, 0.1) is 5.41 Å². The highest BCUT2D eigenvalue weighted by Crippen LogP contribution is 2.25. The number of amidine groups is 1. The van der Waals surface area contributed by atoms with Gasteiger partial charge in [-0.2, -0.15) is 0 Å². The fourth-order valence-electron chi connectivity index (χ4n) is 2.60. The molecule has 1 aliphatic carbocycles. The summed E-state index contributed by atoms with van der Waals surface area (Å²) in [5, 5.41) is 7.58. The number of rotatable bonds is 3. The molecule has 0 saturated heterocycles. The van der Waals surface area contributed by atoms with Gasteiger partial charge in [0.2, 0.25) is 0 Å². The van der Waals surface area contributed by atoms with E-state index in [1.807, 2.05) is 7.05 Å². The number of hydrogen-bond donors (Lipinski definition) is 2. The quantitative estimate of drug-likeness (QED) is 0.486. The Morgan fingerprint density at radius 3 is 2.44 bits per heavy atom. The van der Waals surface area contributed by atoms with E-state index in [9.17, 15) is 0 Å². The molecule has 1 aliphatic rings. The van der Waals surface area contributed by atoms with Gasteiger partial charge in [0.05, 0.1) is 0 Å². The fourth-order valence-corrected chi connectivity index (χ4v) is 2.60. The van der Waals surface area contributed by atoms with Crippen molar-refractivity contribution in [3.05, 3.63) is 18.1 Å². The van der Waals surface area contributed by atoms with Crippen molar-refractivity contribution in [2.45, 2.75) is 44.6 Å². The van der Waals surface area contributed by atoms with Crippen LogP contribution in [0.15, 0.2) is 12.4 Å². The van der Waals surface area contributed by atoms with E-state index in [2.05, 4.69) is 14.9 Å². The Morgan fingerprint density at radius 1 is 1.22 bits per heavy atom. The van der Waals surface area contributed by atoms with Crippen LogP contribution in [0.3, 0.4) is 0 Å². The molecule has 1 fully saturated rings. The number of anilines is 1. The molecule has 0 atom stereocenters. The van der Waals surface area contributed by atoms with E-state index in [0.29, 0.717) is 11.7 Å². The third-order valence-corrected chi connectivity index (χ3v) is 3.64. The highest BCUT2D eigenvalue weighted by atomic mass is 15.2. The maximum Gasteiger partial charge on any atom is 0.158 e. The van der Waals surface area contributed by atoms with E-state index in [1.54, 1.807) is 12.4 Å². The second-order valence-corrected chi connectivity index (χ2v) is 4.90. The van der Waals surface area contributed by atoms with Crippen molar-refractivity contribution in [3.63, 3.8) is 0 Å². The van der Waals surface area contributed by atoms with Crippen molar-refractivity contribution in [1.82, 2.24) is 9.97 Å². The molecule has 18 heavy (non-hydrogen) atoms. The smallest absolute Gasteiger partial charge is 0.158 e. The largest absolute Gasteiger partial charge is 0.382 e. The minimum Gasteiger partial charge on any atom is -0.382 e. The van der Waals surface area contributed by atoms with E-state index in [4.69, 9.17) is 11.1 Å². The molecular formula is C13H21N5. The first-order chi connectivity index (χ1) is 8.70. The summed E-state index contributed by atoms with van der Waals surface area (Å²) < 4.78 is 0. The molecule has 5 nitrogen and oxygen atoms in total. The van der Waals surface area contributed by atoms with Crippen molar-refractivity contribution >= 4 is 11.7 Å². The van der Waals surface area contributed by atoms with E-state index < -0.39 is 0 Å². The van der Waals surface area contributed by atoms with Gasteiger partial charge in [-0.1, -0.05) is 25.7 Å². The summed E-state index contributed by atoms with van der Waals surface area (Å²) in [5.74, 6) is 0.718. The van der Waals surface area contributed by atoms with E-state index in [-0.39, 0.29) is 5.84 Å². The zero-order valence-corrected chi connectivity index (χ0v) is 10.9. The fraction of sp³-hybridized carbons (Fsp3) is 0.615. The maximum absolute atomic E-state index is 7.58. The molecule has 0 radical (unpaired) electrons. The molecule has 1 heterocycles. The molecule has 0 spiro atoms. The number of aromatic nitrogens is 2. The number of nitrogen functional groups attached to an aromatic ring is 1. The summed E-state index contributed by atoms with van der Waals surface area (Å²) in [6.07, 6.45) is 10.8. The second-order valence-electron chi connectivity index (χ2n) is 4.90. The lowest BCUT2D eigenvalue weighted by Gasteiger charge is -2.29. The van der Waals surface area contributed by atoms with Crippen LogP contribution >= 0.6 is 0 Å². The molecule has 98 valence electrons. The first-order valence-corrected chi connectivity index (χ1v) is 6.58. The Balaban J connectivity index is 2.21. The third kappa shape index (κ3) is 2.78. The van der Waals surface area contributed by atoms with Crippen LogP contribution < -0.4 is 10.6 Å². The van der Waals surface area contributed by atoms with Crippen molar-refractivity contribution in [1.29, 1.82) is 5.41 Å². The van der Waals surface area contributed by atoms with Crippen LogP contribution in [-0.4, -0.2) is 28.9 Å². The van der Waals surface area contributed by atoms with E-state index in [0.717, 1.165) is 5.82 Å². The van der Waals surface area contributed by atoms with Crippen LogP contribution in [-0.2, 0) is 0 Å². The Bertz CT molecular complexity index is 410. The molecule has 0 aromatic carbocycles. The average molecular weight is 247 g/mol. The molecule has 0 unspecified atom stereocenters. The molecule has 0 aliphatic heterocycles. The van der Waals surface area contributed by atoms with Gasteiger partial charge in [-0.25, -0.2) is 9.97 Å². The average Bonchev–Trinajstić information content (AvgIpc) is 2.66. The number of hydrogen-bond acceptors (Lipinski definition) is 4. The molecule has 2 rings (SSSR count). The lowest BCUT2D eigenvalue weighted by molar-refractivity contribution is 0.548. The Labute approximate surface area is 108 Å². The topological polar surface area (TPSA) is 78.9 Å². The normalized spacial score (nSPS) is 17.2. The Kier molecular flexibility index (Phi) is 4.12. The SMILES string of the molecule is CN(c1nccnc1C(=N)N)C1CCCCCC1. The Hall–Kier alpha value is -1.65. The summed E-state index contributed by atoms with van der Waals surface area (Å²) >= 11 is 0. The predicted octanol–water partition coefficient (Wildman–Crippen LogP) is 1.92. The molecule has 5 heteroatoms. The first kappa shape index (κ1) is 12.8. The Morgan fingerprint density at radius 2 is 1.83 bits per heavy atom. The number of nitrogens with zero attached hydrogens (tertiary/aromatic N) is 3.